The lowest BCUT2D eigenvalue weighted by molar-refractivity contribution is 0.0933. The number of hydrogen-bond acceptors (Lipinski definition) is 3. The van der Waals surface area contributed by atoms with E-state index in [2.05, 4.69) is 28.7 Å². The molecule has 1 unspecified atom stereocenters. The zero-order valence-corrected chi connectivity index (χ0v) is 15.0. The first kappa shape index (κ1) is 18.2. The van der Waals surface area contributed by atoms with Crippen LogP contribution in [0.25, 0.3) is 0 Å². The molecule has 5 nitrogen and oxygen atoms in total. The van der Waals surface area contributed by atoms with Gasteiger partial charge in [0.05, 0.1) is 17.8 Å². The molecular formula is C19H28N4O. The molecule has 0 spiro atoms. The Hall–Kier alpha value is -2.14. The monoisotopic (exact) mass is 328 g/mol. The molecule has 0 radical (unpaired) electrons. The van der Waals surface area contributed by atoms with Crippen LogP contribution in [0.15, 0.2) is 30.5 Å². The van der Waals surface area contributed by atoms with Gasteiger partial charge in [-0.2, -0.15) is 0 Å². The number of hydrogen-bond donors (Lipinski definition) is 2. The largest absolute Gasteiger partial charge is 0.348 e. The summed E-state index contributed by atoms with van der Waals surface area (Å²) in [4.78, 5) is 17.0. The molecule has 0 bridgehead atoms. The Morgan fingerprint density at radius 3 is 2.67 bits per heavy atom. The van der Waals surface area contributed by atoms with Crippen LogP contribution in [0, 0.1) is 19.8 Å². The predicted molar refractivity (Wildman–Crippen MR) is 97.0 cm³/mol. The Balaban J connectivity index is 2.16. The van der Waals surface area contributed by atoms with Crippen molar-refractivity contribution < 1.29 is 4.79 Å². The third-order valence-electron chi connectivity index (χ3n) is 4.24. The van der Waals surface area contributed by atoms with Gasteiger partial charge in [-0.1, -0.05) is 19.9 Å². The minimum atomic E-state index is -0.0496. The first-order valence-electron chi connectivity index (χ1n) is 8.50. The molecule has 0 aliphatic carbocycles. The van der Waals surface area contributed by atoms with Crippen LogP contribution in [0.3, 0.4) is 0 Å². The van der Waals surface area contributed by atoms with Crippen LogP contribution in [0.2, 0.25) is 0 Å². The molecule has 2 rings (SSSR count). The first-order valence-corrected chi connectivity index (χ1v) is 8.50. The van der Waals surface area contributed by atoms with Gasteiger partial charge in [0.15, 0.2) is 0 Å². The summed E-state index contributed by atoms with van der Waals surface area (Å²) >= 11 is 0. The van der Waals surface area contributed by atoms with Crippen LogP contribution in [-0.2, 0) is 6.54 Å². The molecule has 0 aromatic carbocycles. The fourth-order valence-corrected chi connectivity index (χ4v) is 2.97. The average Bonchev–Trinajstić information content (AvgIpc) is 2.83. The maximum absolute atomic E-state index is 12.6. The van der Waals surface area contributed by atoms with E-state index in [1.165, 1.54) is 0 Å². The van der Waals surface area contributed by atoms with E-state index in [0.29, 0.717) is 24.6 Å². The number of nitrogens with two attached hydrogens (primary N) is 1. The molecule has 2 heterocycles. The molecule has 2 aromatic rings. The van der Waals surface area contributed by atoms with Gasteiger partial charge in [0, 0.05) is 30.2 Å². The van der Waals surface area contributed by atoms with Crippen LogP contribution in [0.5, 0.6) is 0 Å². The number of nitrogens with one attached hydrogen (secondary N) is 1. The van der Waals surface area contributed by atoms with Gasteiger partial charge >= 0.3 is 0 Å². The highest BCUT2D eigenvalue weighted by atomic mass is 16.1. The first-order chi connectivity index (χ1) is 11.4. The van der Waals surface area contributed by atoms with Crippen molar-refractivity contribution in [3.8, 4) is 0 Å². The number of pyridine rings is 1. The third-order valence-corrected chi connectivity index (χ3v) is 4.24. The third kappa shape index (κ3) is 4.45. The van der Waals surface area contributed by atoms with Gasteiger partial charge in [-0.05, 0) is 44.4 Å². The number of rotatable bonds is 7. The van der Waals surface area contributed by atoms with Crippen LogP contribution in [-0.4, -0.2) is 28.0 Å². The van der Waals surface area contributed by atoms with E-state index in [0.717, 1.165) is 23.5 Å². The lowest BCUT2D eigenvalue weighted by atomic mass is 10.0. The predicted octanol–water partition coefficient (Wildman–Crippen LogP) is 2.65. The fourth-order valence-electron chi connectivity index (χ4n) is 2.97. The van der Waals surface area contributed by atoms with Crippen molar-refractivity contribution in [2.45, 2.75) is 46.7 Å². The van der Waals surface area contributed by atoms with Crippen LogP contribution in [0.1, 0.15) is 47.7 Å². The molecule has 0 saturated carbocycles. The molecule has 0 aliphatic heterocycles. The summed E-state index contributed by atoms with van der Waals surface area (Å²) in [6.07, 6.45) is 2.67. The van der Waals surface area contributed by atoms with Crippen molar-refractivity contribution in [2.24, 2.45) is 11.7 Å². The summed E-state index contributed by atoms with van der Waals surface area (Å²) in [6.45, 7) is 9.38. The van der Waals surface area contributed by atoms with Gasteiger partial charge in [-0.25, -0.2) is 0 Å². The van der Waals surface area contributed by atoms with Crippen molar-refractivity contribution in [2.75, 3.05) is 6.54 Å². The molecule has 0 fully saturated rings. The number of carbonyl (C=O) groups is 1. The number of aryl methyl sites for hydroxylation is 1. The molecule has 0 saturated heterocycles. The SMILES string of the molecule is Cc1cc(C(=O)NC(CN)CC(C)C)c(C)n1Cc1ccccn1. The van der Waals surface area contributed by atoms with Crippen LogP contribution < -0.4 is 11.1 Å². The van der Waals surface area contributed by atoms with E-state index in [1.807, 2.05) is 38.1 Å². The molecule has 2 aromatic heterocycles. The second-order valence-electron chi connectivity index (χ2n) is 6.73. The summed E-state index contributed by atoms with van der Waals surface area (Å²) in [5.74, 6) is 0.446. The van der Waals surface area contributed by atoms with Crippen molar-refractivity contribution >= 4 is 5.91 Å². The topological polar surface area (TPSA) is 72.9 Å². The number of carbonyl (C=O) groups excluding carboxylic acids is 1. The van der Waals surface area contributed by atoms with Gasteiger partial charge in [0.25, 0.3) is 5.91 Å². The van der Waals surface area contributed by atoms with E-state index in [9.17, 15) is 4.79 Å². The van der Waals surface area contributed by atoms with Crippen LogP contribution in [0.4, 0.5) is 0 Å². The summed E-state index contributed by atoms with van der Waals surface area (Å²) in [7, 11) is 0. The van der Waals surface area contributed by atoms with Crippen molar-refractivity contribution in [3.05, 3.63) is 53.1 Å². The van der Waals surface area contributed by atoms with Crippen LogP contribution >= 0.6 is 0 Å². The van der Waals surface area contributed by atoms with Gasteiger partial charge in [-0.15, -0.1) is 0 Å². The van der Waals surface area contributed by atoms with Gasteiger partial charge in [0.1, 0.15) is 0 Å². The number of nitrogens with zero attached hydrogens (tertiary/aromatic N) is 2. The average molecular weight is 328 g/mol. The molecule has 1 amide bonds. The Bertz CT molecular complexity index is 676. The maximum atomic E-state index is 12.6. The Morgan fingerprint density at radius 2 is 2.08 bits per heavy atom. The molecule has 24 heavy (non-hydrogen) atoms. The van der Waals surface area contributed by atoms with E-state index < -0.39 is 0 Å². The Labute approximate surface area is 144 Å². The second kappa shape index (κ2) is 8.11. The van der Waals surface area contributed by atoms with Crippen molar-refractivity contribution in [1.82, 2.24) is 14.9 Å². The van der Waals surface area contributed by atoms with Crippen molar-refractivity contribution in [3.63, 3.8) is 0 Å². The molecule has 5 heteroatoms. The van der Waals surface area contributed by atoms with Gasteiger partial charge in [-0.3, -0.25) is 9.78 Å². The lowest BCUT2D eigenvalue weighted by Gasteiger charge is -2.19. The molecule has 0 aliphatic rings. The molecular weight excluding hydrogens is 300 g/mol. The number of amides is 1. The van der Waals surface area contributed by atoms with E-state index in [-0.39, 0.29) is 11.9 Å². The summed E-state index contributed by atoms with van der Waals surface area (Å²) in [5.41, 5.74) is 9.49. The molecule has 130 valence electrons. The lowest BCUT2D eigenvalue weighted by Crippen LogP contribution is -2.41. The summed E-state index contributed by atoms with van der Waals surface area (Å²) in [5, 5.41) is 3.07. The fraction of sp³-hybridized carbons (Fsp3) is 0.474. The van der Waals surface area contributed by atoms with E-state index >= 15 is 0 Å². The van der Waals surface area contributed by atoms with E-state index in [4.69, 9.17) is 5.73 Å². The summed E-state index contributed by atoms with van der Waals surface area (Å²) < 4.78 is 2.12. The van der Waals surface area contributed by atoms with E-state index in [1.54, 1.807) is 6.20 Å². The minimum Gasteiger partial charge on any atom is -0.348 e. The second-order valence-corrected chi connectivity index (χ2v) is 6.73. The highest BCUT2D eigenvalue weighted by Gasteiger charge is 2.19. The highest BCUT2D eigenvalue weighted by molar-refractivity contribution is 5.95. The zero-order chi connectivity index (χ0) is 17.7. The minimum absolute atomic E-state index is 0.0105. The maximum Gasteiger partial charge on any atom is 0.253 e. The van der Waals surface area contributed by atoms with Crippen molar-refractivity contribution in [1.29, 1.82) is 0 Å². The summed E-state index contributed by atoms with van der Waals surface area (Å²) in [6, 6.07) is 7.82. The Kier molecular flexibility index (Phi) is 6.15. The van der Waals surface area contributed by atoms with Gasteiger partial charge in [0.2, 0.25) is 0 Å². The number of aromatic nitrogens is 2. The smallest absolute Gasteiger partial charge is 0.253 e. The zero-order valence-electron chi connectivity index (χ0n) is 15.0. The normalized spacial score (nSPS) is 12.4. The molecule has 1 atom stereocenters. The standard InChI is InChI=1S/C19H28N4O/c1-13(2)9-17(11-20)22-19(24)18-10-14(3)23(15(18)4)12-16-7-5-6-8-21-16/h5-8,10,13,17H,9,11-12,20H2,1-4H3,(H,22,24). The quantitative estimate of drug-likeness (QED) is 0.820. The van der Waals surface area contributed by atoms with Gasteiger partial charge < -0.3 is 15.6 Å². The molecule has 3 N–H and O–H groups in total. The Morgan fingerprint density at radius 1 is 1.33 bits per heavy atom. The highest BCUT2D eigenvalue weighted by Crippen LogP contribution is 2.17.